The van der Waals surface area contributed by atoms with Crippen molar-refractivity contribution in [3.63, 3.8) is 0 Å². The number of carbonyl (C=O) groups is 1. The second-order valence-corrected chi connectivity index (χ2v) is 5.37. The third-order valence-electron chi connectivity index (χ3n) is 3.93. The normalized spacial score (nSPS) is 11.0. The van der Waals surface area contributed by atoms with E-state index in [9.17, 15) is 18.4 Å². The van der Waals surface area contributed by atoms with Crippen LogP contribution in [0.15, 0.2) is 41.3 Å². The number of aryl methyl sites for hydroxylation is 2. The van der Waals surface area contributed by atoms with Crippen molar-refractivity contribution in [1.29, 1.82) is 0 Å². The Labute approximate surface area is 136 Å². The molecule has 1 N–H and O–H groups in total. The van der Waals surface area contributed by atoms with Crippen LogP contribution in [0.5, 0.6) is 0 Å². The first-order valence-electron chi connectivity index (χ1n) is 7.37. The van der Waals surface area contributed by atoms with Gasteiger partial charge in [0.05, 0.1) is 16.6 Å². The number of hydrogen-bond acceptors (Lipinski definition) is 2. The van der Waals surface area contributed by atoms with Crippen LogP contribution in [0, 0.1) is 11.6 Å². The molecule has 0 aliphatic heterocycles. The maximum absolute atomic E-state index is 13.7. The van der Waals surface area contributed by atoms with E-state index in [-0.39, 0.29) is 16.9 Å². The Morgan fingerprint density at radius 3 is 2.67 bits per heavy atom. The summed E-state index contributed by atoms with van der Waals surface area (Å²) >= 11 is 0. The second-order valence-electron chi connectivity index (χ2n) is 5.37. The molecule has 2 heterocycles. The number of fused-ring (bicyclic) bond motifs is 1. The Hall–Kier alpha value is -2.96. The van der Waals surface area contributed by atoms with Crippen molar-refractivity contribution in [3.05, 3.63) is 64.2 Å². The summed E-state index contributed by atoms with van der Waals surface area (Å²) in [6.45, 7) is 2.36. The van der Waals surface area contributed by atoms with Crippen LogP contribution in [-0.4, -0.2) is 15.0 Å². The van der Waals surface area contributed by atoms with Gasteiger partial charge < -0.3 is 14.5 Å². The quantitative estimate of drug-likeness (QED) is 0.802. The summed E-state index contributed by atoms with van der Waals surface area (Å²) in [5, 5.41) is 2.73. The van der Waals surface area contributed by atoms with E-state index in [4.69, 9.17) is 0 Å². The van der Waals surface area contributed by atoms with Gasteiger partial charge in [-0.05, 0) is 31.2 Å². The van der Waals surface area contributed by atoms with Crippen LogP contribution in [0.25, 0.3) is 10.9 Å². The molecule has 0 aliphatic carbocycles. The van der Waals surface area contributed by atoms with Crippen molar-refractivity contribution in [3.8, 4) is 0 Å². The van der Waals surface area contributed by atoms with Gasteiger partial charge in [0.1, 0.15) is 17.3 Å². The molecule has 2 aromatic heterocycles. The molecule has 0 saturated carbocycles. The summed E-state index contributed by atoms with van der Waals surface area (Å²) in [5.74, 6) is -2.02. The number of amides is 1. The second kappa shape index (κ2) is 5.92. The zero-order valence-corrected chi connectivity index (χ0v) is 13.1. The van der Waals surface area contributed by atoms with Crippen molar-refractivity contribution in [2.24, 2.45) is 7.05 Å². The van der Waals surface area contributed by atoms with Crippen LogP contribution in [-0.2, 0) is 13.6 Å². The molecule has 24 heavy (non-hydrogen) atoms. The third-order valence-corrected chi connectivity index (χ3v) is 3.93. The van der Waals surface area contributed by atoms with Gasteiger partial charge in [-0.3, -0.25) is 9.59 Å². The first kappa shape index (κ1) is 15.9. The highest BCUT2D eigenvalue weighted by Crippen LogP contribution is 2.19. The lowest BCUT2D eigenvalue weighted by Crippen LogP contribution is -2.17. The molecule has 0 unspecified atom stereocenters. The molecular formula is C17H15F2N3O2. The lowest BCUT2D eigenvalue weighted by molar-refractivity contribution is 0.101. The number of pyridine rings is 1. The van der Waals surface area contributed by atoms with Crippen LogP contribution < -0.4 is 10.9 Å². The van der Waals surface area contributed by atoms with E-state index >= 15 is 0 Å². The van der Waals surface area contributed by atoms with Crippen LogP contribution >= 0.6 is 0 Å². The zero-order valence-electron chi connectivity index (χ0n) is 13.1. The van der Waals surface area contributed by atoms with Crippen molar-refractivity contribution in [2.75, 3.05) is 5.32 Å². The molecular weight excluding hydrogens is 316 g/mol. The highest BCUT2D eigenvalue weighted by atomic mass is 19.1. The molecule has 5 nitrogen and oxygen atoms in total. The van der Waals surface area contributed by atoms with E-state index in [0.717, 1.165) is 18.2 Å². The Bertz CT molecular complexity index is 1000. The average Bonchev–Trinajstić information content (AvgIpc) is 2.89. The van der Waals surface area contributed by atoms with Crippen LogP contribution in [0.3, 0.4) is 0 Å². The number of anilines is 1. The minimum atomic E-state index is -0.739. The number of nitrogens with zero attached hydrogens (tertiary/aromatic N) is 2. The summed E-state index contributed by atoms with van der Waals surface area (Å²) < 4.78 is 30.0. The molecule has 0 radical (unpaired) electrons. The standard InChI is InChI=1S/C17H15F2N3O2/c1-3-22-7-6-14-11(17(22)24)9-15(21(14)2)16(23)20-13-8-10(18)4-5-12(13)19/h4-9H,3H2,1-2H3,(H,20,23). The number of nitrogens with one attached hydrogen (secondary N) is 1. The number of halogens is 2. The Morgan fingerprint density at radius 2 is 1.96 bits per heavy atom. The third kappa shape index (κ3) is 2.58. The molecule has 124 valence electrons. The van der Waals surface area contributed by atoms with Crippen molar-refractivity contribution >= 4 is 22.5 Å². The molecule has 1 amide bonds. The van der Waals surface area contributed by atoms with Gasteiger partial charge in [-0.25, -0.2) is 8.78 Å². The molecule has 3 rings (SSSR count). The van der Waals surface area contributed by atoms with E-state index in [2.05, 4.69) is 5.32 Å². The van der Waals surface area contributed by atoms with Crippen LogP contribution in [0.4, 0.5) is 14.5 Å². The Balaban J connectivity index is 2.04. The number of carbonyl (C=O) groups excluding carboxylic acids is 1. The van der Waals surface area contributed by atoms with E-state index in [0.29, 0.717) is 17.4 Å². The zero-order chi connectivity index (χ0) is 17.4. The largest absolute Gasteiger partial charge is 0.339 e. The molecule has 0 aliphatic rings. The van der Waals surface area contributed by atoms with Gasteiger partial charge in [0.15, 0.2) is 0 Å². The first-order chi connectivity index (χ1) is 11.4. The van der Waals surface area contributed by atoms with Crippen molar-refractivity contribution in [1.82, 2.24) is 9.13 Å². The molecule has 7 heteroatoms. The molecule has 0 atom stereocenters. The topological polar surface area (TPSA) is 56.0 Å². The maximum atomic E-state index is 13.7. The number of hydrogen-bond donors (Lipinski definition) is 1. The Morgan fingerprint density at radius 1 is 1.21 bits per heavy atom. The number of benzene rings is 1. The van der Waals surface area contributed by atoms with Gasteiger partial charge in [0.25, 0.3) is 11.5 Å². The fourth-order valence-electron chi connectivity index (χ4n) is 2.62. The molecule has 0 spiro atoms. The summed E-state index contributed by atoms with van der Waals surface area (Å²) in [7, 11) is 1.63. The van der Waals surface area contributed by atoms with Gasteiger partial charge in [-0.1, -0.05) is 0 Å². The van der Waals surface area contributed by atoms with E-state index in [1.54, 1.807) is 23.9 Å². The Kier molecular flexibility index (Phi) is 3.92. The van der Waals surface area contributed by atoms with E-state index in [1.807, 2.05) is 6.92 Å². The summed E-state index contributed by atoms with van der Waals surface area (Å²) in [5.41, 5.74) is 0.312. The highest BCUT2D eigenvalue weighted by molar-refractivity contribution is 6.06. The summed E-state index contributed by atoms with van der Waals surface area (Å²) in [6, 6.07) is 6.00. The maximum Gasteiger partial charge on any atom is 0.272 e. The number of rotatable bonds is 3. The lowest BCUT2D eigenvalue weighted by Gasteiger charge is -2.07. The molecule has 0 fully saturated rings. The van der Waals surface area contributed by atoms with Gasteiger partial charge in [-0.2, -0.15) is 0 Å². The SMILES string of the molecule is CCn1ccc2c(cc(C(=O)Nc3cc(F)ccc3F)n2C)c1=O. The molecule has 0 saturated heterocycles. The van der Waals surface area contributed by atoms with E-state index < -0.39 is 17.5 Å². The summed E-state index contributed by atoms with van der Waals surface area (Å²) in [4.78, 5) is 24.7. The number of aromatic nitrogens is 2. The van der Waals surface area contributed by atoms with Gasteiger partial charge >= 0.3 is 0 Å². The fraction of sp³-hybridized carbons (Fsp3) is 0.176. The minimum absolute atomic E-state index is 0.180. The van der Waals surface area contributed by atoms with Crippen LogP contribution in [0.1, 0.15) is 17.4 Å². The average molecular weight is 331 g/mol. The van der Waals surface area contributed by atoms with Crippen LogP contribution in [0.2, 0.25) is 0 Å². The summed E-state index contributed by atoms with van der Waals surface area (Å²) in [6.07, 6.45) is 1.65. The molecule has 3 aromatic rings. The van der Waals surface area contributed by atoms with E-state index in [1.165, 1.54) is 10.6 Å². The molecule has 1 aromatic carbocycles. The highest BCUT2D eigenvalue weighted by Gasteiger charge is 2.17. The van der Waals surface area contributed by atoms with Gasteiger partial charge in [0.2, 0.25) is 0 Å². The smallest absolute Gasteiger partial charge is 0.272 e. The predicted molar refractivity (Wildman–Crippen MR) is 87.2 cm³/mol. The van der Waals surface area contributed by atoms with Gasteiger partial charge in [-0.15, -0.1) is 0 Å². The predicted octanol–water partition coefficient (Wildman–Crippen LogP) is 2.89. The fourth-order valence-corrected chi connectivity index (χ4v) is 2.62. The van der Waals surface area contributed by atoms with Crippen molar-refractivity contribution in [2.45, 2.75) is 13.5 Å². The first-order valence-corrected chi connectivity index (χ1v) is 7.37. The lowest BCUT2D eigenvalue weighted by atomic mass is 10.2. The monoisotopic (exact) mass is 331 g/mol. The molecule has 0 bridgehead atoms. The van der Waals surface area contributed by atoms with Crippen molar-refractivity contribution < 1.29 is 13.6 Å². The minimum Gasteiger partial charge on any atom is -0.339 e. The van der Waals surface area contributed by atoms with Gasteiger partial charge in [0, 0.05) is 25.9 Å².